The van der Waals surface area contributed by atoms with Gasteiger partial charge >= 0.3 is 0 Å². The molecule has 0 unspecified atom stereocenters. The first kappa shape index (κ1) is 9.87. The molecule has 0 heterocycles. The second-order valence-electron chi connectivity index (χ2n) is 2.50. The van der Waals surface area contributed by atoms with Gasteiger partial charge in [-0.05, 0) is 34.0 Å². The van der Waals surface area contributed by atoms with E-state index in [2.05, 4.69) is 34.2 Å². The molecule has 0 aliphatic heterocycles. The van der Waals surface area contributed by atoms with Crippen LogP contribution in [0.5, 0.6) is 0 Å². The molecule has 0 atom stereocenters. The molecule has 0 saturated carbocycles. The van der Waals surface area contributed by atoms with E-state index in [1.54, 1.807) is 0 Å². The molecule has 0 fully saturated rings. The monoisotopic (exact) mass is 247 g/mol. The normalized spacial score (nSPS) is 10.0. The second kappa shape index (κ2) is 4.15. The lowest BCUT2D eigenvalue weighted by Gasteiger charge is -2.08. The average Bonchev–Trinajstić information content (AvgIpc) is 2.10. The molecule has 0 spiro atoms. The Kier molecular flexibility index (Phi) is 3.41. The van der Waals surface area contributed by atoms with Crippen LogP contribution in [0.15, 0.2) is 16.6 Å². The molecule has 3 heteroatoms. The molecular formula is C9H11BrClN. The summed E-state index contributed by atoms with van der Waals surface area (Å²) in [7, 11) is 1.86. The maximum absolute atomic E-state index is 6.07. The average molecular weight is 249 g/mol. The van der Waals surface area contributed by atoms with Crippen LogP contribution in [0.1, 0.15) is 12.5 Å². The SMILES string of the molecule is CCc1ccc(NC)c(Cl)c1Br. The molecule has 66 valence electrons. The Balaban J connectivity index is 3.20. The molecule has 0 radical (unpaired) electrons. The van der Waals surface area contributed by atoms with E-state index in [4.69, 9.17) is 11.6 Å². The molecule has 0 amide bonds. The van der Waals surface area contributed by atoms with Gasteiger partial charge in [-0.2, -0.15) is 0 Å². The Morgan fingerprint density at radius 2 is 2.17 bits per heavy atom. The fourth-order valence-electron chi connectivity index (χ4n) is 1.06. The quantitative estimate of drug-likeness (QED) is 0.841. The molecule has 1 nitrogen and oxygen atoms in total. The van der Waals surface area contributed by atoms with Crippen molar-refractivity contribution < 1.29 is 0 Å². The van der Waals surface area contributed by atoms with Gasteiger partial charge in [0.05, 0.1) is 10.7 Å². The Hall–Kier alpha value is -0.210. The summed E-state index contributed by atoms with van der Waals surface area (Å²) in [6.07, 6.45) is 0.990. The number of hydrogen-bond donors (Lipinski definition) is 1. The molecule has 0 aliphatic rings. The lowest BCUT2D eigenvalue weighted by Crippen LogP contribution is -1.92. The zero-order valence-corrected chi connectivity index (χ0v) is 9.46. The van der Waals surface area contributed by atoms with Gasteiger partial charge in [-0.25, -0.2) is 0 Å². The summed E-state index contributed by atoms with van der Waals surface area (Å²) in [5.41, 5.74) is 2.19. The molecule has 1 N–H and O–H groups in total. The molecule has 0 bridgehead atoms. The van der Waals surface area contributed by atoms with Crippen molar-refractivity contribution in [2.75, 3.05) is 12.4 Å². The maximum Gasteiger partial charge on any atom is 0.0782 e. The van der Waals surface area contributed by atoms with Crippen molar-refractivity contribution in [3.63, 3.8) is 0 Å². The first-order chi connectivity index (χ1) is 5.70. The van der Waals surface area contributed by atoms with Crippen LogP contribution >= 0.6 is 27.5 Å². The first-order valence-corrected chi connectivity index (χ1v) is 5.02. The van der Waals surface area contributed by atoms with Crippen molar-refractivity contribution in [1.29, 1.82) is 0 Å². The lowest BCUT2D eigenvalue weighted by molar-refractivity contribution is 1.13. The summed E-state index contributed by atoms with van der Waals surface area (Å²) >= 11 is 9.53. The van der Waals surface area contributed by atoms with Gasteiger partial charge in [-0.1, -0.05) is 24.6 Å². The van der Waals surface area contributed by atoms with E-state index in [-0.39, 0.29) is 0 Å². The number of nitrogens with one attached hydrogen (secondary N) is 1. The van der Waals surface area contributed by atoms with Crippen LogP contribution in [0.4, 0.5) is 5.69 Å². The summed E-state index contributed by atoms with van der Waals surface area (Å²) in [6.45, 7) is 2.11. The van der Waals surface area contributed by atoms with Gasteiger partial charge in [0.1, 0.15) is 0 Å². The Bertz CT molecular complexity index is 257. The van der Waals surface area contributed by atoms with E-state index in [1.807, 2.05) is 13.1 Å². The lowest BCUT2D eigenvalue weighted by atomic mass is 10.1. The van der Waals surface area contributed by atoms with Gasteiger partial charge in [-0.15, -0.1) is 0 Å². The van der Waals surface area contributed by atoms with E-state index in [0.29, 0.717) is 0 Å². The maximum atomic E-state index is 6.07. The van der Waals surface area contributed by atoms with Crippen LogP contribution in [-0.4, -0.2) is 7.05 Å². The van der Waals surface area contributed by atoms with Crippen molar-refractivity contribution in [2.24, 2.45) is 0 Å². The summed E-state index contributed by atoms with van der Waals surface area (Å²) < 4.78 is 0.999. The van der Waals surface area contributed by atoms with Crippen LogP contribution in [0.3, 0.4) is 0 Å². The van der Waals surface area contributed by atoms with E-state index < -0.39 is 0 Å². The van der Waals surface area contributed by atoms with E-state index in [1.165, 1.54) is 5.56 Å². The molecule has 1 aromatic carbocycles. The highest BCUT2D eigenvalue weighted by molar-refractivity contribution is 9.10. The van der Waals surface area contributed by atoms with Crippen molar-refractivity contribution in [3.8, 4) is 0 Å². The van der Waals surface area contributed by atoms with Crippen molar-refractivity contribution >= 4 is 33.2 Å². The highest BCUT2D eigenvalue weighted by Crippen LogP contribution is 2.33. The molecule has 0 aliphatic carbocycles. The van der Waals surface area contributed by atoms with Gasteiger partial charge in [-0.3, -0.25) is 0 Å². The molecule has 12 heavy (non-hydrogen) atoms. The summed E-state index contributed by atoms with van der Waals surface area (Å²) in [6, 6.07) is 4.06. The minimum Gasteiger partial charge on any atom is -0.387 e. The van der Waals surface area contributed by atoms with Crippen LogP contribution in [-0.2, 0) is 6.42 Å². The van der Waals surface area contributed by atoms with Crippen LogP contribution in [0, 0.1) is 0 Å². The van der Waals surface area contributed by atoms with Crippen LogP contribution in [0.25, 0.3) is 0 Å². The number of aryl methyl sites for hydroxylation is 1. The standard InChI is InChI=1S/C9H11BrClN/c1-3-6-4-5-7(12-2)9(11)8(6)10/h4-5,12H,3H2,1-2H3. The summed E-state index contributed by atoms with van der Waals surface area (Å²) in [5.74, 6) is 0. The zero-order valence-electron chi connectivity index (χ0n) is 7.12. The van der Waals surface area contributed by atoms with Gasteiger partial charge in [0.2, 0.25) is 0 Å². The molecule has 1 aromatic rings. The number of hydrogen-bond acceptors (Lipinski definition) is 1. The van der Waals surface area contributed by atoms with E-state index in [0.717, 1.165) is 21.6 Å². The fourth-order valence-corrected chi connectivity index (χ4v) is 1.96. The van der Waals surface area contributed by atoms with Crippen molar-refractivity contribution in [1.82, 2.24) is 0 Å². The topological polar surface area (TPSA) is 12.0 Å². The Morgan fingerprint density at radius 3 is 2.67 bits per heavy atom. The smallest absolute Gasteiger partial charge is 0.0782 e. The van der Waals surface area contributed by atoms with Crippen LogP contribution in [0.2, 0.25) is 5.02 Å². The fraction of sp³-hybridized carbons (Fsp3) is 0.333. The van der Waals surface area contributed by atoms with E-state index >= 15 is 0 Å². The zero-order chi connectivity index (χ0) is 9.14. The van der Waals surface area contributed by atoms with Gasteiger partial charge < -0.3 is 5.32 Å². The Morgan fingerprint density at radius 1 is 1.50 bits per heavy atom. The van der Waals surface area contributed by atoms with Gasteiger partial charge in [0.25, 0.3) is 0 Å². The second-order valence-corrected chi connectivity index (χ2v) is 3.67. The third-order valence-corrected chi connectivity index (χ3v) is 3.34. The first-order valence-electron chi connectivity index (χ1n) is 3.85. The number of benzene rings is 1. The minimum atomic E-state index is 0.761. The van der Waals surface area contributed by atoms with Crippen LogP contribution < -0.4 is 5.32 Å². The Labute approximate surface area is 86.2 Å². The van der Waals surface area contributed by atoms with Crippen molar-refractivity contribution in [2.45, 2.75) is 13.3 Å². The third-order valence-electron chi connectivity index (χ3n) is 1.81. The van der Waals surface area contributed by atoms with Gasteiger partial charge in [0.15, 0.2) is 0 Å². The number of halogens is 2. The predicted octanol–water partition coefficient (Wildman–Crippen LogP) is 3.71. The molecular weight excluding hydrogens is 237 g/mol. The third kappa shape index (κ3) is 1.75. The number of rotatable bonds is 2. The predicted molar refractivity (Wildman–Crippen MR) is 58.1 cm³/mol. The largest absolute Gasteiger partial charge is 0.387 e. The minimum absolute atomic E-state index is 0.761. The highest BCUT2D eigenvalue weighted by atomic mass is 79.9. The van der Waals surface area contributed by atoms with Gasteiger partial charge in [0, 0.05) is 11.5 Å². The molecule has 0 saturated heterocycles. The number of anilines is 1. The van der Waals surface area contributed by atoms with Crippen molar-refractivity contribution in [3.05, 3.63) is 27.2 Å². The van der Waals surface area contributed by atoms with E-state index in [9.17, 15) is 0 Å². The summed E-state index contributed by atoms with van der Waals surface area (Å²) in [4.78, 5) is 0. The highest BCUT2D eigenvalue weighted by Gasteiger charge is 2.06. The molecule has 0 aromatic heterocycles. The summed E-state index contributed by atoms with van der Waals surface area (Å²) in [5, 5.41) is 3.79. The molecule has 1 rings (SSSR count).